The summed E-state index contributed by atoms with van der Waals surface area (Å²) in [6.45, 7) is 14.9. The van der Waals surface area contributed by atoms with Crippen molar-refractivity contribution in [2.45, 2.75) is 122 Å². The number of carbonyl (C=O) groups is 2. The van der Waals surface area contributed by atoms with E-state index in [4.69, 9.17) is 26.3 Å². The molecule has 0 radical (unpaired) electrons. The number of rotatable bonds is 12. The van der Waals surface area contributed by atoms with E-state index in [0.29, 0.717) is 5.90 Å². The first kappa shape index (κ1) is 39.0. The van der Waals surface area contributed by atoms with E-state index >= 15 is 0 Å². The van der Waals surface area contributed by atoms with Gasteiger partial charge in [0.05, 0.1) is 28.7 Å². The van der Waals surface area contributed by atoms with Gasteiger partial charge in [-0.15, -0.1) is 11.6 Å². The van der Waals surface area contributed by atoms with Crippen molar-refractivity contribution in [3.05, 3.63) is 89.6 Å². The summed E-state index contributed by atoms with van der Waals surface area (Å²) >= 11 is 6.77. The molecule has 2 aliphatic rings. The van der Waals surface area contributed by atoms with Crippen LogP contribution in [0.4, 0.5) is 5.69 Å². The molecule has 1 aliphatic carbocycles. The summed E-state index contributed by atoms with van der Waals surface area (Å²) in [4.78, 5) is 37.9. The zero-order chi connectivity index (χ0) is 36.3. The SMILES string of the molecule is CCC(Cl)C(=NC1=CCC(NCC2CCCCN2C(=O)C(c2ccccc2)C(C)N=C(C)OC(C)(C)C)CC=C1)c1ccc(NC(C)=O)cc1. The van der Waals surface area contributed by atoms with Crippen LogP contribution in [0.25, 0.3) is 0 Å². The first-order valence-electron chi connectivity index (χ1n) is 18.1. The number of carbonyl (C=O) groups excluding carboxylic acids is 2. The van der Waals surface area contributed by atoms with Crippen molar-refractivity contribution in [1.29, 1.82) is 0 Å². The Labute approximate surface area is 304 Å². The van der Waals surface area contributed by atoms with Gasteiger partial charge in [-0.2, -0.15) is 0 Å². The number of allylic oxidation sites excluding steroid dienone is 1. The van der Waals surface area contributed by atoms with Gasteiger partial charge in [0, 0.05) is 44.7 Å². The van der Waals surface area contributed by atoms with E-state index in [1.807, 2.05) is 96.1 Å². The Morgan fingerprint density at radius 1 is 1.04 bits per heavy atom. The molecule has 9 heteroatoms. The highest BCUT2D eigenvalue weighted by molar-refractivity contribution is 6.35. The number of hydrogen-bond donors (Lipinski definition) is 2. The van der Waals surface area contributed by atoms with E-state index < -0.39 is 5.92 Å². The number of ether oxygens (including phenoxy) is 1. The van der Waals surface area contributed by atoms with E-state index in [0.717, 1.165) is 79.8 Å². The van der Waals surface area contributed by atoms with Crippen LogP contribution < -0.4 is 10.6 Å². The third-order valence-electron chi connectivity index (χ3n) is 9.03. The number of nitrogens with one attached hydrogen (secondary N) is 2. The summed E-state index contributed by atoms with van der Waals surface area (Å²) in [5, 5.41) is 6.36. The highest BCUT2D eigenvalue weighted by atomic mass is 35.5. The maximum absolute atomic E-state index is 14.5. The van der Waals surface area contributed by atoms with Crippen LogP contribution in [0.15, 0.2) is 88.5 Å². The number of hydrogen-bond acceptors (Lipinski definition) is 6. The molecule has 2 N–H and O–H groups in total. The predicted molar refractivity (Wildman–Crippen MR) is 207 cm³/mol. The highest BCUT2D eigenvalue weighted by Gasteiger charge is 2.36. The van der Waals surface area contributed by atoms with Crippen LogP contribution in [0.1, 0.15) is 104 Å². The Morgan fingerprint density at radius 2 is 1.76 bits per heavy atom. The van der Waals surface area contributed by atoms with Gasteiger partial charge in [-0.1, -0.05) is 61.5 Å². The molecule has 0 saturated carbocycles. The zero-order valence-electron chi connectivity index (χ0n) is 30.9. The fourth-order valence-electron chi connectivity index (χ4n) is 6.71. The quantitative estimate of drug-likeness (QED) is 0.132. The van der Waals surface area contributed by atoms with Crippen LogP contribution >= 0.6 is 11.6 Å². The third-order valence-corrected chi connectivity index (χ3v) is 9.54. The monoisotopic (exact) mass is 701 g/mol. The molecule has 5 atom stereocenters. The van der Waals surface area contributed by atoms with Gasteiger partial charge in [-0.25, -0.2) is 0 Å². The number of amides is 2. The van der Waals surface area contributed by atoms with Gasteiger partial charge >= 0.3 is 0 Å². The molecule has 0 bridgehead atoms. The predicted octanol–water partition coefficient (Wildman–Crippen LogP) is 8.43. The van der Waals surface area contributed by atoms with Gasteiger partial charge in [-0.05, 0) is 95.6 Å². The number of alkyl halides is 1. The van der Waals surface area contributed by atoms with E-state index in [2.05, 4.69) is 33.8 Å². The molecule has 5 unspecified atom stereocenters. The molecule has 1 aliphatic heterocycles. The van der Waals surface area contributed by atoms with Crippen LogP contribution in [0.2, 0.25) is 0 Å². The van der Waals surface area contributed by atoms with Gasteiger partial charge < -0.3 is 20.3 Å². The molecule has 50 heavy (non-hydrogen) atoms. The molecule has 2 aromatic carbocycles. The van der Waals surface area contributed by atoms with E-state index in [9.17, 15) is 9.59 Å². The smallest absolute Gasteiger partial charge is 0.232 e. The minimum absolute atomic E-state index is 0.105. The molecule has 0 spiro atoms. The van der Waals surface area contributed by atoms with Crippen molar-refractivity contribution in [2.24, 2.45) is 9.98 Å². The molecule has 1 saturated heterocycles. The van der Waals surface area contributed by atoms with Crippen molar-refractivity contribution in [1.82, 2.24) is 10.2 Å². The molecule has 8 nitrogen and oxygen atoms in total. The summed E-state index contributed by atoms with van der Waals surface area (Å²) in [7, 11) is 0. The molecule has 1 fully saturated rings. The highest BCUT2D eigenvalue weighted by Crippen LogP contribution is 2.29. The molecule has 4 rings (SSSR count). The maximum atomic E-state index is 14.5. The molecule has 0 aromatic heterocycles. The van der Waals surface area contributed by atoms with Gasteiger partial charge in [0.2, 0.25) is 11.8 Å². The minimum Gasteiger partial charge on any atom is -0.476 e. The Balaban J connectivity index is 1.46. The Kier molecular flexibility index (Phi) is 14.4. The van der Waals surface area contributed by atoms with Crippen molar-refractivity contribution in [3.63, 3.8) is 0 Å². The normalized spacial score (nSPS) is 20.7. The lowest BCUT2D eigenvalue weighted by Gasteiger charge is -2.39. The second-order valence-corrected chi connectivity index (χ2v) is 14.9. The summed E-state index contributed by atoms with van der Waals surface area (Å²) < 4.78 is 6.02. The fourth-order valence-corrected chi connectivity index (χ4v) is 6.88. The maximum Gasteiger partial charge on any atom is 0.232 e. The second kappa shape index (κ2) is 18.5. The van der Waals surface area contributed by atoms with Gasteiger partial charge in [0.1, 0.15) is 5.60 Å². The second-order valence-electron chi connectivity index (χ2n) is 14.4. The van der Waals surface area contributed by atoms with Crippen molar-refractivity contribution in [2.75, 3.05) is 18.4 Å². The van der Waals surface area contributed by atoms with Crippen LogP contribution in [0.5, 0.6) is 0 Å². The molecule has 270 valence electrons. The van der Waals surface area contributed by atoms with E-state index in [1.54, 1.807) is 0 Å². The molecule has 1 heterocycles. The molecule has 2 aromatic rings. The van der Waals surface area contributed by atoms with Crippen LogP contribution in [-0.4, -0.2) is 70.5 Å². The van der Waals surface area contributed by atoms with E-state index in [-0.39, 0.29) is 40.9 Å². The number of nitrogens with zero attached hydrogens (tertiary/aromatic N) is 3. The number of benzene rings is 2. The van der Waals surface area contributed by atoms with Gasteiger partial charge in [-0.3, -0.25) is 19.6 Å². The Morgan fingerprint density at radius 3 is 2.42 bits per heavy atom. The number of likely N-dealkylation sites (tertiary alicyclic amines) is 1. The first-order chi connectivity index (χ1) is 23.8. The number of anilines is 1. The van der Waals surface area contributed by atoms with Crippen LogP contribution in [0, 0.1) is 0 Å². The lowest BCUT2D eigenvalue weighted by molar-refractivity contribution is -0.136. The van der Waals surface area contributed by atoms with E-state index in [1.165, 1.54) is 6.92 Å². The molecule has 2 amide bonds. The number of aliphatic imine (C=N–C) groups is 2. The van der Waals surface area contributed by atoms with Crippen LogP contribution in [-0.2, 0) is 14.3 Å². The summed E-state index contributed by atoms with van der Waals surface area (Å²) in [5.41, 5.74) is 3.99. The average molecular weight is 702 g/mol. The molecular weight excluding hydrogens is 646 g/mol. The number of piperidine rings is 1. The standard InChI is InChI=1S/C41H56ClN5O3/c1-8-37(42)39(32-20-22-35(23-21-32)45-29(3)48)46-34-18-14-17-33(24-25-34)43-27-36-19-12-13-26-47(36)40(49)38(31-15-10-9-11-16-31)28(2)44-30(4)50-41(5,6)7/h9-11,14-16,18,20-23,25,28,33,36-38,43H,8,12-13,17,19,24,26-27H2,1-7H3,(H,45,48). The summed E-state index contributed by atoms with van der Waals surface area (Å²) in [6.07, 6.45) is 11.9. The van der Waals surface area contributed by atoms with Crippen molar-refractivity contribution >= 4 is 40.7 Å². The Hall–Kier alpha value is -3.75. The molecular formula is C41H56ClN5O3. The summed E-state index contributed by atoms with van der Waals surface area (Å²) in [6, 6.07) is 17.8. The van der Waals surface area contributed by atoms with Crippen molar-refractivity contribution < 1.29 is 14.3 Å². The number of halogens is 1. The third kappa shape index (κ3) is 11.7. The van der Waals surface area contributed by atoms with Gasteiger partial charge in [0.25, 0.3) is 0 Å². The fraction of sp³-hybridized carbons (Fsp3) is 0.512. The zero-order valence-corrected chi connectivity index (χ0v) is 31.7. The van der Waals surface area contributed by atoms with Gasteiger partial charge in [0.15, 0.2) is 5.90 Å². The largest absolute Gasteiger partial charge is 0.476 e. The topological polar surface area (TPSA) is 95.4 Å². The Bertz CT molecular complexity index is 1540. The first-order valence-corrected chi connectivity index (χ1v) is 18.6. The lowest BCUT2D eigenvalue weighted by Crippen LogP contribution is -2.52. The minimum atomic E-state index is -0.399. The van der Waals surface area contributed by atoms with Crippen molar-refractivity contribution in [3.8, 4) is 0 Å². The average Bonchev–Trinajstić information content (AvgIpc) is 3.30. The summed E-state index contributed by atoms with van der Waals surface area (Å²) in [5.74, 6) is 0.216. The van der Waals surface area contributed by atoms with Crippen LogP contribution in [0.3, 0.4) is 0 Å². The lowest BCUT2D eigenvalue weighted by atomic mass is 9.89.